The van der Waals surface area contributed by atoms with Gasteiger partial charge in [0.15, 0.2) is 0 Å². The Morgan fingerprint density at radius 1 is 1.71 bits per heavy atom. The molecule has 0 bridgehead atoms. The molecule has 0 aromatic carbocycles. The van der Waals surface area contributed by atoms with Crippen LogP contribution in [-0.2, 0) is 4.29 Å². The van der Waals surface area contributed by atoms with Gasteiger partial charge in [0, 0.05) is 4.29 Å². The average molecular weight is 147 g/mol. The molecule has 0 aliphatic rings. The summed E-state index contributed by atoms with van der Waals surface area (Å²) in [5, 5.41) is 0. The summed E-state index contributed by atoms with van der Waals surface area (Å²) in [5.74, 6) is 0. The van der Waals surface area contributed by atoms with Crippen LogP contribution in [0.15, 0.2) is 0 Å². The number of halogens is 2. The lowest BCUT2D eigenvalue weighted by Crippen LogP contribution is -2.35. The minimum absolute atomic E-state index is 0.782. The Morgan fingerprint density at radius 3 is 2.14 bits per heavy atom. The van der Waals surface area contributed by atoms with Crippen molar-refractivity contribution in [3.63, 3.8) is 0 Å². The summed E-state index contributed by atoms with van der Waals surface area (Å²) in [6, 6.07) is 0. The van der Waals surface area contributed by atoms with Crippen molar-refractivity contribution in [2.75, 3.05) is 0 Å². The highest BCUT2D eigenvalue weighted by Gasteiger charge is 2.11. The van der Waals surface area contributed by atoms with Gasteiger partial charge in [-0.2, -0.15) is 0 Å². The first-order valence-electron chi connectivity index (χ1n) is 1.49. The summed E-state index contributed by atoms with van der Waals surface area (Å²) < 4.78 is 22.8. The van der Waals surface area contributed by atoms with Gasteiger partial charge in [0.05, 0.1) is 0 Å². The molecule has 0 aliphatic carbocycles. The van der Waals surface area contributed by atoms with Crippen molar-refractivity contribution in [3.05, 3.63) is 0 Å². The van der Waals surface area contributed by atoms with Crippen LogP contribution in [0.5, 0.6) is 0 Å². The number of rotatable bonds is 2. The fourth-order valence-corrected chi connectivity index (χ4v) is 0.466. The van der Waals surface area contributed by atoms with Gasteiger partial charge in [0.2, 0.25) is 5.56 Å². The van der Waals surface area contributed by atoms with Crippen molar-refractivity contribution in [1.82, 2.24) is 0 Å². The van der Waals surface area contributed by atoms with E-state index in [2.05, 4.69) is 4.29 Å². The van der Waals surface area contributed by atoms with Crippen LogP contribution in [-0.4, -0.2) is 5.56 Å². The molecular weight excluding hydrogens is 143 g/mol. The minimum atomic E-state index is -2.18. The standard InChI is InChI=1S/C2H4Cl2O3/c1-2(3)7-4(5)6/h2H,1H3. The minimum Gasteiger partial charge on any atom is -0.320 e. The van der Waals surface area contributed by atoms with Gasteiger partial charge < -0.3 is 9.32 Å². The van der Waals surface area contributed by atoms with Gasteiger partial charge in [0.25, 0.3) is 10.8 Å². The fraction of sp³-hybridized carbons (Fsp3) is 1.00. The molecule has 0 aromatic heterocycles. The van der Waals surface area contributed by atoms with Gasteiger partial charge in [-0.15, -0.1) is 0 Å². The third-order valence-electron chi connectivity index (χ3n) is 0.195. The lowest BCUT2D eigenvalue weighted by Gasteiger charge is -1.92. The second-order valence-electron chi connectivity index (χ2n) is 0.821. The number of alkyl halides is 1. The maximum Gasteiger partial charge on any atom is 0.287 e. The van der Waals surface area contributed by atoms with Crippen LogP contribution in [0.1, 0.15) is 6.92 Å². The maximum absolute atomic E-state index is 9.47. The zero-order valence-corrected chi connectivity index (χ0v) is 5.07. The fourth-order valence-electron chi connectivity index (χ4n) is 0.100. The molecule has 44 valence electrons. The summed E-state index contributed by atoms with van der Waals surface area (Å²) in [7, 11) is -2.18. The predicted molar refractivity (Wildman–Crippen MR) is 16.4 cm³/mol. The molecule has 0 aliphatic heterocycles. The van der Waals surface area contributed by atoms with Crippen molar-refractivity contribution in [2.24, 2.45) is 0 Å². The lowest BCUT2D eigenvalue weighted by atomic mass is 10.9. The Balaban J connectivity index is 2.95. The summed E-state index contributed by atoms with van der Waals surface area (Å²) in [5.41, 5.74) is -0.782. The molecular formula is C2H4Cl2O3. The van der Waals surface area contributed by atoms with Gasteiger partial charge in [-0.05, 0) is 6.92 Å². The van der Waals surface area contributed by atoms with Crippen molar-refractivity contribution in [3.8, 4) is 0 Å². The predicted octanol–water partition coefficient (Wildman–Crippen LogP) is -1.33. The van der Waals surface area contributed by atoms with Crippen LogP contribution >= 0.6 is 11.6 Å². The topological polar surface area (TPSA) is 55.3 Å². The number of hydrogen-bond acceptors (Lipinski definition) is 3. The van der Waals surface area contributed by atoms with E-state index in [9.17, 15) is 9.32 Å². The van der Waals surface area contributed by atoms with E-state index in [1.165, 1.54) is 6.92 Å². The molecule has 0 fully saturated rings. The summed E-state index contributed by atoms with van der Waals surface area (Å²) in [6.45, 7) is 1.40. The molecule has 5 heteroatoms. The first kappa shape index (κ1) is 7.46. The van der Waals surface area contributed by atoms with Gasteiger partial charge >= 0.3 is 0 Å². The highest BCUT2D eigenvalue weighted by Crippen LogP contribution is 1.95. The molecule has 0 heterocycles. The molecule has 0 saturated heterocycles. The normalized spacial score (nSPS) is 15.0. The van der Waals surface area contributed by atoms with E-state index in [0.717, 1.165) is 0 Å². The molecule has 0 radical (unpaired) electrons. The van der Waals surface area contributed by atoms with Crippen molar-refractivity contribution in [2.45, 2.75) is 12.5 Å². The maximum atomic E-state index is 9.47. The van der Waals surface area contributed by atoms with Crippen LogP contribution in [0, 0.1) is 10.8 Å². The largest absolute Gasteiger partial charge is 0.320 e. The Bertz CT molecular complexity index is 40.2. The van der Waals surface area contributed by atoms with Crippen molar-refractivity contribution >= 4 is 11.6 Å². The van der Waals surface area contributed by atoms with E-state index < -0.39 is 16.3 Å². The monoisotopic (exact) mass is 146 g/mol. The first-order valence-corrected chi connectivity index (χ1v) is 2.86. The third-order valence-corrected chi connectivity index (χ3v) is 0.789. The molecule has 0 aromatic rings. The first-order chi connectivity index (χ1) is 3.13. The summed E-state index contributed by atoms with van der Waals surface area (Å²) in [6.07, 6.45) is 0. The van der Waals surface area contributed by atoms with Gasteiger partial charge in [-0.3, -0.25) is 0 Å². The molecule has 0 N–H and O–H groups in total. The van der Waals surface area contributed by atoms with E-state index >= 15 is 0 Å². The lowest BCUT2D eigenvalue weighted by molar-refractivity contribution is -1.63. The Hall–Kier alpha value is 0.460. The Morgan fingerprint density at radius 2 is 2.14 bits per heavy atom. The molecule has 7 heavy (non-hydrogen) atoms. The van der Waals surface area contributed by atoms with E-state index in [4.69, 9.17) is 11.6 Å². The second-order valence-corrected chi connectivity index (χ2v) is 1.99. The quantitative estimate of drug-likeness (QED) is 0.455. The Kier molecular flexibility index (Phi) is 3.69. The van der Waals surface area contributed by atoms with Gasteiger partial charge in [-0.1, -0.05) is 11.6 Å². The molecule has 3 nitrogen and oxygen atoms in total. The van der Waals surface area contributed by atoms with E-state index in [1.807, 2.05) is 0 Å². The molecule has 1 unspecified atom stereocenters. The highest BCUT2D eigenvalue weighted by atomic mass is 35.6. The molecule has 0 spiro atoms. The highest BCUT2D eigenvalue weighted by molar-refractivity contribution is 6.19. The summed E-state index contributed by atoms with van der Waals surface area (Å²) in [4.78, 5) is 0. The van der Waals surface area contributed by atoms with E-state index in [1.54, 1.807) is 0 Å². The average Bonchev–Trinajstić information content (AvgIpc) is 1.27. The molecule has 1 atom stereocenters. The zero-order valence-electron chi connectivity index (χ0n) is 3.56. The van der Waals surface area contributed by atoms with Gasteiger partial charge in [0.1, 0.15) is 0 Å². The SMILES string of the molecule is CC(Cl)O[Cl+2]([O-])[O-]. The van der Waals surface area contributed by atoms with E-state index in [0.29, 0.717) is 0 Å². The third kappa shape index (κ3) is 6.46. The van der Waals surface area contributed by atoms with Crippen LogP contribution in [0.25, 0.3) is 0 Å². The van der Waals surface area contributed by atoms with Crippen molar-refractivity contribution < 1.29 is 24.4 Å². The van der Waals surface area contributed by atoms with Gasteiger partial charge in [-0.25, -0.2) is 0 Å². The summed E-state index contributed by atoms with van der Waals surface area (Å²) >= 11 is 5.05. The van der Waals surface area contributed by atoms with Crippen LogP contribution in [0.2, 0.25) is 0 Å². The van der Waals surface area contributed by atoms with Crippen LogP contribution in [0.4, 0.5) is 0 Å². The molecule has 0 rings (SSSR count). The van der Waals surface area contributed by atoms with Crippen LogP contribution < -0.4 is 9.32 Å². The smallest absolute Gasteiger partial charge is 0.287 e. The van der Waals surface area contributed by atoms with Crippen LogP contribution in [0.3, 0.4) is 0 Å². The second kappa shape index (κ2) is 3.46. The molecule has 0 saturated carbocycles. The molecule has 0 amide bonds. The van der Waals surface area contributed by atoms with E-state index in [-0.39, 0.29) is 0 Å². The van der Waals surface area contributed by atoms with Crippen molar-refractivity contribution in [1.29, 1.82) is 0 Å². The Labute approximate surface area is 49.2 Å². The zero-order chi connectivity index (χ0) is 5.86. The number of hydrogen-bond donors (Lipinski definition) is 0.